The summed E-state index contributed by atoms with van der Waals surface area (Å²) in [6.07, 6.45) is -3.29. The van der Waals surface area contributed by atoms with E-state index in [1.54, 1.807) is 19.9 Å². The normalized spacial score (nSPS) is 11.7. The van der Waals surface area contributed by atoms with Gasteiger partial charge < -0.3 is 14.5 Å². The quantitative estimate of drug-likeness (QED) is 0.0978. The summed E-state index contributed by atoms with van der Waals surface area (Å²) >= 11 is 12.0. The molecular formula is C30H21Cl2F4NO5. The highest BCUT2D eigenvalue weighted by atomic mass is 35.5. The van der Waals surface area contributed by atoms with Crippen LogP contribution >= 0.6 is 23.2 Å². The molecule has 0 unspecified atom stereocenters. The Labute approximate surface area is 246 Å². The number of anilines is 1. The molecule has 0 fully saturated rings. The van der Waals surface area contributed by atoms with Crippen LogP contribution in [0.25, 0.3) is 28.2 Å². The fourth-order valence-corrected chi connectivity index (χ4v) is 4.58. The van der Waals surface area contributed by atoms with Crippen molar-refractivity contribution in [3.8, 4) is 11.1 Å². The van der Waals surface area contributed by atoms with Gasteiger partial charge in [-0.2, -0.15) is 13.2 Å². The zero-order valence-corrected chi connectivity index (χ0v) is 23.5. The number of fused-ring (bicyclic) bond motifs is 1. The van der Waals surface area contributed by atoms with Gasteiger partial charge in [0.15, 0.2) is 0 Å². The van der Waals surface area contributed by atoms with Crippen molar-refractivity contribution in [1.29, 1.82) is 0 Å². The van der Waals surface area contributed by atoms with Crippen LogP contribution in [-0.4, -0.2) is 18.5 Å². The summed E-state index contributed by atoms with van der Waals surface area (Å²) in [7, 11) is 0. The first kappa shape index (κ1) is 30.8. The van der Waals surface area contributed by atoms with Gasteiger partial charge in [-0.1, -0.05) is 29.3 Å². The first-order valence-corrected chi connectivity index (χ1v) is 13.1. The molecule has 218 valence electrons. The maximum Gasteiger partial charge on any atom is 0.418 e. The Balaban J connectivity index is 1.85. The number of amides is 1. The SMILES string of the molecule is CCOC(=O)/C=C/c1cc(-c2c(CC(=O)Nc3ccc(Cl)cc3C(F)(F)F)c(=O)oc3cc(Cl)c(C)cc23)ccc1F. The van der Waals surface area contributed by atoms with Crippen molar-refractivity contribution in [2.24, 2.45) is 0 Å². The fourth-order valence-electron chi connectivity index (χ4n) is 4.25. The molecule has 6 nitrogen and oxygen atoms in total. The number of hydrogen-bond acceptors (Lipinski definition) is 5. The van der Waals surface area contributed by atoms with Gasteiger partial charge in [-0.15, -0.1) is 0 Å². The molecule has 1 N–H and O–H groups in total. The number of alkyl halides is 3. The van der Waals surface area contributed by atoms with Gasteiger partial charge in [0, 0.05) is 38.7 Å². The molecule has 4 aromatic rings. The smallest absolute Gasteiger partial charge is 0.418 e. The van der Waals surface area contributed by atoms with Crippen molar-refractivity contribution in [3.63, 3.8) is 0 Å². The Morgan fingerprint density at radius 2 is 1.81 bits per heavy atom. The van der Waals surface area contributed by atoms with Crippen LogP contribution in [0.3, 0.4) is 0 Å². The van der Waals surface area contributed by atoms with Crippen molar-refractivity contribution >= 4 is 57.8 Å². The molecule has 3 aromatic carbocycles. The minimum Gasteiger partial charge on any atom is -0.463 e. The van der Waals surface area contributed by atoms with Crippen molar-refractivity contribution < 1.29 is 36.3 Å². The van der Waals surface area contributed by atoms with Gasteiger partial charge in [-0.05, 0) is 67.4 Å². The average molecular weight is 622 g/mol. The lowest BCUT2D eigenvalue weighted by Crippen LogP contribution is -2.22. The van der Waals surface area contributed by atoms with E-state index in [-0.39, 0.29) is 39.5 Å². The van der Waals surface area contributed by atoms with E-state index < -0.39 is 47.2 Å². The van der Waals surface area contributed by atoms with Gasteiger partial charge in [0.25, 0.3) is 0 Å². The third-order valence-electron chi connectivity index (χ3n) is 6.15. The van der Waals surface area contributed by atoms with Crippen LogP contribution in [0.15, 0.2) is 63.8 Å². The first-order chi connectivity index (χ1) is 19.8. The van der Waals surface area contributed by atoms with E-state index in [4.69, 9.17) is 32.4 Å². The summed E-state index contributed by atoms with van der Waals surface area (Å²) in [5.41, 5.74) is -1.80. The molecule has 0 aliphatic carbocycles. The highest BCUT2D eigenvalue weighted by molar-refractivity contribution is 6.32. The number of aryl methyl sites for hydroxylation is 1. The van der Waals surface area contributed by atoms with Crippen LogP contribution < -0.4 is 10.9 Å². The number of benzene rings is 3. The third kappa shape index (κ3) is 6.83. The molecule has 0 saturated heterocycles. The van der Waals surface area contributed by atoms with Crippen LogP contribution in [0, 0.1) is 12.7 Å². The fraction of sp³-hybridized carbons (Fsp3) is 0.167. The molecule has 0 spiro atoms. The van der Waals surface area contributed by atoms with Crippen molar-refractivity contribution in [3.05, 3.63) is 103 Å². The molecule has 0 saturated carbocycles. The van der Waals surface area contributed by atoms with Crippen molar-refractivity contribution in [2.45, 2.75) is 26.4 Å². The maximum atomic E-state index is 14.7. The Bertz CT molecular complexity index is 1800. The van der Waals surface area contributed by atoms with Crippen LogP contribution in [-0.2, 0) is 26.9 Å². The van der Waals surface area contributed by atoms with E-state index in [0.717, 1.165) is 18.2 Å². The molecule has 4 rings (SSSR count). The zero-order valence-electron chi connectivity index (χ0n) is 22.0. The van der Waals surface area contributed by atoms with Gasteiger partial charge >= 0.3 is 17.8 Å². The van der Waals surface area contributed by atoms with Crippen molar-refractivity contribution in [1.82, 2.24) is 0 Å². The summed E-state index contributed by atoms with van der Waals surface area (Å²) < 4.78 is 65.7. The minimum atomic E-state index is -4.82. The van der Waals surface area contributed by atoms with Gasteiger partial charge in [-0.25, -0.2) is 14.0 Å². The molecule has 1 amide bonds. The number of hydrogen-bond donors (Lipinski definition) is 1. The molecule has 1 aromatic heterocycles. The number of nitrogens with one attached hydrogen (secondary N) is 1. The highest BCUT2D eigenvalue weighted by Gasteiger charge is 2.34. The largest absolute Gasteiger partial charge is 0.463 e. The molecule has 0 bridgehead atoms. The Morgan fingerprint density at radius 3 is 2.50 bits per heavy atom. The van der Waals surface area contributed by atoms with Gasteiger partial charge in [-0.3, -0.25) is 4.79 Å². The number of ether oxygens (including phenoxy) is 1. The first-order valence-electron chi connectivity index (χ1n) is 12.4. The van der Waals surface area contributed by atoms with E-state index in [1.165, 1.54) is 30.3 Å². The summed E-state index contributed by atoms with van der Waals surface area (Å²) in [5.74, 6) is -2.34. The summed E-state index contributed by atoms with van der Waals surface area (Å²) in [5, 5.41) is 2.64. The predicted molar refractivity (Wildman–Crippen MR) is 152 cm³/mol. The lowest BCUT2D eigenvalue weighted by Gasteiger charge is -2.16. The van der Waals surface area contributed by atoms with Crippen molar-refractivity contribution in [2.75, 3.05) is 11.9 Å². The highest BCUT2D eigenvalue weighted by Crippen LogP contribution is 2.38. The van der Waals surface area contributed by atoms with E-state index in [0.29, 0.717) is 22.0 Å². The van der Waals surface area contributed by atoms with Crippen LogP contribution in [0.4, 0.5) is 23.2 Å². The molecule has 0 aliphatic heterocycles. The number of carbonyl (C=O) groups excluding carboxylic acids is 2. The lowest BCUT2D eigenvalue weighted by atomic mass is 9.93. The Morgan fingerprint density at radius 1 is 1.07 bits per heavy atom. The topological polar surface area (TPSA) is 85.6 Å². The minimum absolute atomic E-state index is 0.0287. The average Bonchev–Trinajstić information content (AvgIpc) is 2.91. The van der Waals surface area contributed by atoms with E-state index in [1.807, 2.05) is 0 Å². The lowest BCUT2D eigenvalue weighted by molar-refractivity contribution is -0.138. The molecule has 42 heavy (non-hydrogen) atoms. The Kier molecular flexibility index (Phi) is 9.08. The van der Waals surface area contributed by atoms with E-state index in [9.17, 15) is 31.9 Å². The molecule has 0 aliphatic rings. The van der Waals surface area contributed by atoms with Crippen LogP contribution in [0.5, 0.6) is 0 Å². The van der Waals surface area contributed by atoms with E-state index >= 15 is 0 Å². The van der Waals surface area contributed by atoms with Gasteiger partial charge in [0.1, 0.15) is 11.4 Å². The third-order valence-corrected chi connectivity index (χ3v) is 6.79. The maximum absolute atomic E-state index is 14.7. The predicted octanol–water partition coefficient (Wildman–Crippen LogP) is 7.99. The summed E-state index contributed by atoms with van der Waals surface area (Å²) in [4.78, 5) is 38.0. The number of carbonyl (C=O) groups is 2. The second-order valence-electron chi connectivity index (χ2n) is 9.07. The molecular weight excluding hydrogens is 601 g/mol. The number of esters is 1. The zero-order chi connectivity index (χ0) is 30.8. The molecule has 1 heterocycles. The second kappa shape index (κ2) is 12.4. The van der Waals surface area contributed by atoms with Crippen LogP contribution in [0.2, 0.25) is 10.0 Å². The standard InChI is InChI=1S/C30H21Cl2F4NO5/c1-3-41-27(39)9-5-16-11-17(4-7-23(16)33)28-19-10-15(2)22(32)14-25(19)42-29(40)20(28)13-26(38)37-24-8-6-18(31)12-21(24)30(34,35)36/h4-12,14H,3,13H2,1-2H3,(H,37,38)/b9-5+. The summed E-state index contributed by atoms with van der Waals surface area (Å²) in [6.45, 7) is 3.42. The number of halogens is 6. The number of rotatable bonds is 7. The second-order valence-corrected chi connectivity index (χ2v) is 9.92. The molecule has 12 heteroatoms. The van der Waals surface area contributed by atoms with Gasteiger partial charge in [0.2, 0.25) is 5.91 Å². The van der Waals surface area contributed by atoms with Crippen LogP contribution in [0.1, 0.15) is 29.2 Å². The molecule has 0 atom stereocenters. The Hall–Kier alpha value is -4.15. The summed E-state index contributed by atoms with van der Waals surface area (Å²) in [6, 6.07) is 9.69. The monoisotopic (exact) mass is 621 g/mol. The molecule has 0 radical (unpaired) electrons. The van der Waals surface area contributed by atoms with Gasteiger partial charge in [0.05, 0.1) is 29.8 Å². The van der Waals surface area contributed by atoms with E-state index in [2.05, 4.69) is 5.32 Å².